The summed E-state index contributed by atoms with van der Waals surface area (Å²) in [6, 6.07) is 19.3. The number of hydrogen-bond donors (Lipinski definition) is 1. The summed E-state index contributed by atoms with van der Waals surface area (Å²) in [5, 5.41) is 3.54. The van der Waals surface area contributed by atoms with E-state index in [-0.39, 0.29) is 0 Å². The summed E-state index contributed by atoms with van der Waals surface area (Å²) >= 11 is 0. The van der Waals surface area contributed by atoms with Crippen molar-refractivity contribution in [3.8, 4) is 0 Å². The molecule has 1 N–H and O–H groups in total. The van der Waals surface area contributed by atoms with E-state index in [1.165, 1.54) is 23.1 Å². The van der Waals surface area contributed by atoms with E-state index in [2.05, 4.69) is 73.8 Å². The van der Waals surface area contributed by atoms with Gasteiger partial charge < -0.3 is 5.32 Å². The third kappa shape index (κ3) is 4.22. The van der Waals surface area contributed by atoms with Crippen LogP contribution in [0.3, 0.4) is 0 Å². The van der Waals surface area contributed by atoms with Gasteiger partial charge in [-0.1, -0.05) is 61.5 Å². The number of rotatable bonds is 6. The van der Waals surface area contributed by atoms with Crippen molar-refractivity contribution in [2.45, 2.75) is 32.7 Å². The zero-order valence-corrected chi connectivity index (χ0v) is 11.9. The zero-order chi connectivity index (χ0) is 13.5. The Labute approximate surface area is 116 Å². The van der Waals surface area contributed by atoms with Crippen LogP contribution in [0, 0.1) is 6.92 Å². The maximum absolute atomic E-state index is 3.54. The third-order valence-corrected chi connectivity index (χ3v) is 3.70. The maximum Gasteiger partial charge on any atom is 0.0208 e. The largest absolute Gasteiger partial charge is 0.313 e. The van der Waals surface area contributed by atoms with Crippen molar-refractivity contribution in [1.82, 2.24) is 5.32 Å². The monoisotopic (exact) mass is 253 g/mol. The van der Waals surface area contributed by atoms with E-state index in [0.29, 0.717) is 5.92 Å². The molecule has 2 aromatic carbocycles. The normalized spacial score (nSPS) is 12.3. The second-order valence-corrected chi connectivity index (χ2v) is 5.20. The van der Waals surface area contributed by atoms with Crippen LogP contribution in [0.2, 0.25) is 0 Å². The second-order valence-electron chi connectivity index (χ2n) is 5.20. The van der Waals surface area contributed by atoms with Crippen LogP contribution in [0.15, 0.2) is 54.6 Å². The summed E-state index contributed by atoms with van der Waals surface area (Å²) in [5.41, 5.74) is 4.20. The Morgan fingerprint density at radius 1 is 0.947 bits per heavy atom. The highest BCUT2D eigenvalue weighted by atomic mass is 14.8. The van der Waals surface area contributed by atoms with Gasteiger partial charge in [-0.2, -0.15) is 0 Å². The molecule has 0 fully saturated rings. The van der Waals surface area contributed by atoms with Crippen molar-refractivity contribution in [2.24, 2.45) is 0 Å². The van der Waals surface area contributed by atoms with Gasteiger partial charge in [0.2, 0.25) is 0 Å². The molecule has 0 aliphatic carbocycles. The van der Waals surface area contributed by atoms with E-state index in [1.807, 2.05) is 0 Å². The lowest BCUT2D eigenvalue weighted by molar-refractivity contribution is 0.593. The van der Waals surface area contributed by atoms with Crippen LogP contribution in [-0.4, -0.2) is 6.54 Å². The molecule has 0 amide bonds. The van der Waals surface area contributed by atoms with Crippen LogP contribution in [0.25, 0.3) is 0 Å². The minimum Gasteiger partial charge on any atom is -0.313 e. The predicted molar refractivity (Wildman–Crippen MR) is 82.4 cm³/mol. The average Bonchev–Trinajstić information content (AvgIpc) is 2.46. The summed E-state index contributed by atoms with van der Waals surface area (Å²) in [5.74, 6) is 0.616. The van der Waals surface area contributed by atoms with Crippen LogP contribution in [-0.2, 0) is 6.54 Å². The Morgan fingerprint density at radius 3 is 2.37 bits per heavy atom. The Morgan fingerprint density at radius 2 is 1.63 bits per heavy atom. The van der Waals surface area contributed by atoms with Gasteiger partial charge in [-0.3, -0.25) is 0 Å². The summed E-state index contributed by atoms with van der Waals surface area (Å²) in [6.07, 6.45) is 1.18. The van der Waals surface area contributed by atoms with Crippen LogP contribution in [0.4, 0.5) is 0 Å². The fourth-order valence-corrected chi connectivity index (χ4v) is 2.30. The molecule has 19 heavy (non-hydrogen) atoms. The Kier molecular flexibility index (Phi) is 5.17. The predicted octanol–water partition coefficient (Wildman–Crippen LogP) is 4.28. The number of benzene rings is 2. The summed E-state index contributed by atoms with van der Waals surface area (Å²) in [7, 11) is 0. The van der Waals surface area contributed by atoms with Gasteiger partial charge in [-0.25, -0.2) is 0 Å². The molecule has 2 rings (SSSR count). The smallest absolute Gasteiger partial charge is 0.0208 e. The molecule has 0 aliphatic heterocycles. The fourth-order valence-electron chi connectivity index (χ4n) is 2.30. The lowest BCUT2D eigenvalue weighted by Gasteiger charge is -2.13. The van der Waals surface area contributed by atoms with Crippen molar-refractivity contribution in [3.05, 3.63) is 71.3 Å². The van der Waals surface area contributed by atoms with Gasteiger partial charge in [-0.05, 0) is 42.5 Å². The molecule has 1 unspecified atom stereocenters. The minimum absolute atomic E-state index is 0.616. The van der Waals surface area contributed by atoms with Gasteiger partial charge in [0.05, 0.1) is 0 Å². The SMILES string of the molecule is Cc1ccccc1CNCCC(C)c1ccccc1. The molecule has 1 heteroatoms. The fraction of sp³-hybridized carbons (Fsp3) is 0.333. The molecule has 0 saturated carbocycles. The molecular weight excluding hydrogens is 230 g/mol. The van der Waals surface area contributed by atoms with Crippen LogP contribution in [0.5, 0.6) is 0 Å². The van der Waals surface area contributed by atoms with E-state index in [9.17, 15) is 0 Å². The first-order valence-electron chi connectivity index (χ1n) is 7.07. The van der Waals surface area contributed by atoms with E-state index < -0.39 is 0 Å². The van der Waals surface area contributed by atoms with Crippen LogP contribution >= 0.6 is 0 Å². The summed E-state index contributed by atoms with van der Waals surface area (Å²) in [4.78, 5) is 0. The van der Waals surface area contributed by atoms with Crippen molar-refractivity contribution in [3.63, 3.8) is 0 Å². The van der Waals surface area contributed by atoms with Gasteiger partial charge in [0, 0.05) is 6.54 Å². The van der Waals surface area contributed by atoms with Gasteiger partial charge in [-0.15, -0.1) is 0 Å². The molecule has 0 aromatic heterocycles. The summed E-state index contributed by atoms with van der Waals surface area (Å²) < 4.78 is 0. The lowest BCUT2D eigenvalue weighted by Crippen LogP contribution is -2.17. The van der Waals surface area contributed by atoms with Gasteiger partial charge in [0.25, 0.3) is 0 Å². The molecule has 0 heterocycles. The highest BCUT2D eigenvalue weighted by Crippen LogP contribution is 2.17. The molecule has 2 aromatic rings. The van der Waals surface area contributed by atoms with E-state index in [4.69, 9.17) is 0 Å². The van der Waals surface area contributed by atoms with Crippen molar-refractivity contribution in [1.29, 1.82) is 0 Å². The van der Waals surface area contributed by atoms with Gasteiger partial charge >= 0.3 is 0 Å². The van der Waals surface area contributed by atoms with Gasteiger partial charge in [0.15, 0.2) is 0 Å². The number of hydrogen-bond acceptors (Lipinski definition) is 1. The van der Waals surface area contributed by atoms with E-state index >= 15 is 0 Å². The molecular formula is C18H23N. The Bertz CT molecular complexity index is 490. The highest BCUT2D eigenvalue weighted by Gasteiger charge is 2.04. The first-order valence-corrected chi connectivity index (χ1v) is 7.07. The lowest BCUT2D eigenvalue weighted by atomic mass is 9.98. The minimum atomic E-state index is 0.616. The first-order chi connectivity index (χ1) is 9.27. The van der Waals surface area contributed by atoms with Crippen molar-refractivity contribution in [2.75, 3.05) is 6.54 Å². The van der Waals surface area contributed by atoms with Crippen molar-refractivity contribution < 1.29 is 0 Å². The standard InChI is InChI=1S/C18H23N/c1-15-8-6-7-11-18(15)14-19-13-12-16(2)17-9-4-3-5-10-17/h3-11,16,19H,12-14H2,1-2H3. The maximum atomic E-state index is 3.54. The Balaban J connectivity index is 1.74. The molecule has 100 valence electrons. The van der Waals surface area contributed by atoms with Gasteiger partial charge in [0.1, 0.15) is 0 Å². The second kappa shape index (κ2) is 7.10. The quantitative estimate of drug-likeness (QED) is 0.758. The highest BCUT2D eigenvalue weighted by molar-refractivity contribution is 5.25. The number of aryl methyl sites for hydroxylation is 1. The Hall–Kier alpha value is -1.60. The van der Waals surface area contributed by atoms with Crippen molar-refractivity contribution >= 4 is 0 Å². The molecule has 0 bridgehead atoms. The summed E-state index contributed by atoms with van der Waals surface area (Å²) in [6.45, 7) is 6.49. The topological polar surface area (TPSA) is 12.0 Å². The molecule has 1 atom stereocenters. The first kappa shape index (κ1) is 13.8. The van der Waals surface area contributed by atoms with E-state index in [1.54, 1.807) is 0 Å². The molecule has 0 spiro atoms. The molecule has 0 aliphatic rings. The average molecular weight is 253 g/mol. The molecule has 0 radical (unpaired) electrons. The molecule has 0 saturated heterocycles. The molecule has 1 nitrogen and oxygen atoms in total. The third-order valence-electron chi connectivity index (χ3n) is 3.70. The number of nitrogens with one attached hydrogen (secondary N) is 1. The zero-order valence-electron chi connectivity index (χ0n) is 11.9. The van der Waals surface area contributed by atoms with Crippen LogP contribution in [0.1, 0.15) is 36.0 Å². The van der Waals surface area contributed by atoms with E-state index in [0.717, 1.165) is 13.1 Å². The van der Waals surface area contributed by atoms with Crippen LogP contribution < -0.4 is 5.32 Å².